The summed E-state index contributed by atoms with van der Waals surface area (Å²) in [4.78, 5) is 15.7. The van der Waals surface area contributed by atoms with Crippen molar-refractivity contribution in [1.29, 1.82) is 0 Å². The van der Waals surface area contributed by atoms with Gasteiger partial charge >= 0.3 is 6.18 Å². The molecule has 1 N–H and O–H groups in total. The minimum absolute atomic E-state index is 0.0185. The number of piperazine rings is 1. The number of amides is 1. The molecule has 5 nitrogen and oxygen atoms in total. The number of hydrogen-bond donors (Lipinski definition) is 1. The van der Waals surface area contributed by atoms with Gasteiger partial charge in [-0.15, -0.1) is 0 Å². The summed E-state index contributed by atoms with van der Waals surface area (Å²) >= 11 is 0. The van der Waals surface area contributed by atoms with E-state index in [-0.39, 0.29) is 6.54 Å². The molecule has 0 aromatic carbocycles. The first-order valence-electron chi connectivity index (χ1n) is 7.14. The molecular formula is C13H24F3N3O2. The quantitative estimate of drug-likeness (QED) is 0.752. The molecule has 124 valence electrons. The largest absolute Gasteiger partial charge is 0.405 e. The highest BCUT2D eigenvalue weighted by Crippen LogP contribution is 2.13. The number of methoxy groups -OCH3 is 1. The van der Waals surface area contributed by atoms with E-state index < -0.39 is 18.6 Å². The summed E-state index contributed by atoms with van der Waals surface area (Å²) in [6.07, 6.45) is -3.43. The van der Waals surface area contributed by atoms with Gasteiger partial charge in [0.05, 0.1) is 13.2 Å². The van der Waals surface area contributed by atoms with Crippen LogP contribution in [0, 0.1) is 0 Å². The summed E-state index contributed by atoms with van der Waals surface area (Å²) < 4.78 is 41.2. The number of carbonyl (C=O) groups excluding carboxylic acids is 1. The van der Waals surface area contributed by atoms with E-state index in [1.807, 2.05) is 10.2 Å². The molecule has 1 heterocycles. The Morgan fingerprint density at radius 2 is 2.10 bits per heavy atom. The summed E-state index contributed by atoms with van der Waals surface area (Å²) in [7, 11) is 1.65. The number of rotatable bonds is 7. The van der Waals surface area contributed by atoms with Gasteiger partial charge in [0.1, 0.15) is 6.54 Å². The van der Waals surface area contributed by atoms with Crippen molar-refractivity contribution in [1.82, 2.24) is 15.1 Å². The van der Waals surface area contributed by atoms with Crippen LogP contribution in [0.25, 0.3) is 0 Å². The second-order valence-electron chi connectivity index (χ2n) is 5.22. The Balaban J connectivity index is 2.36. The van der Waals surface area contributed by atoms with E-state index >= 15 is 0 Å². The van der Waals surface area contributed by atoms with Crippen molar-refractivity contribution in [3.8, 4) is 0 Å². The fraction of sp³-hybridized carbons (Fsp3) is 0.923. The molecule has 1 fully saturated rings. The normalized spacial score (nSPS) is 21.5. The van der Waals surface area contributed by atoms with E-state index in [2.05, 4.69) is 11.8 Å². The highest BCUT2D eigenvalue weighted by molar-refractivity contribution is 5.78. The minimum atomic E-state index is -4.36. The van der Waals surface area contributed by atoms with E-state index in [4.69, 9.17) is 4.74 Å². The average Bonchev–Trinajstić information content (AvgIpc) is 2.43. The summed E-state index contributed by atoms with van der Waals surface area (Å²) in [6.45, 7) is 4.48. The molecule has 1 saturated heterocycles. The Labute approximate surface area is 123 Å². The van der Waals surface area contributed by atoms with Crippen molar-refractivity contribution >= 4 is 5.91 Å². The summed E-state index contributed by atoms with van der Waals surface area (Å²) in [6, 6.07) is 0.310. The van der Waals surface area contributed by atoms with E-state index in [9.17, 15) is 18.0 Å². The maximum absolute atomic E-state index is 12.0. The smallest absolute Gasteiger partial charge is 0.383 e. The maximum atomic E-state index is 12.0. The predicted molar refractivity (Wildman–Crippen MR) is 73.0 cm³/mol. The molecule has 0 aliphatic carbocycles. The van der Waals surface area contributed by atoms with Gasteiger partial charge in [-0.2, -0.15) is 13.2 Å². The van der Waals surface area contributed by atoms with Gasteiger partial charge in [0.25, 0.3) is 0 Å². The predicted octanol–water partition coefficient (Wildman–Crippen LogP) is 0.708. The van der Waals surface area contributed by atoms with Gasteiger partial charge in [0.15, 0.2) is 0 Å². The van der Waals surface area contributed by atoms with Gasteiger partial charge in [-0.25, -0.2) is 0 Å². The fourth-order valence-electron chi connectivity index (χ4n) is 2.45. The lowest BCUT2D eigenvalue weighted by atomic mass is 10.1. The Bertz CT molecular complexity index is 326. The lowest BCUT2D eigenvalue weighted by Crippen LogP contribution is -2.55. The first kappa shape index (κ1) is 18.2. The number of carbonyl (C=O) groups is 1. The molecular weight excluding hydrogens is 287 g/mol. The molecule has 0 aromatic rings. The molecule has 1 aliphatic heterocycles. The number of nitrogens with one attached hydrogen (secondary N) is 1. The van der Waals surface area contributed by atoms with Crippen molar-refractivity contribution in [2.75, 3.05) is 53.0 Å². The molecule has 0 saturated carbocycles. The van der Waals surface area contributed by atoms with Crippen molar-refractivity contribution in [2.24, 2.45) is 0 Å². The monoisotopic (exact) mass is 311 g/mol. The number of nitrogens with zero attached hydrogens (tertiary/aromatic N) is 2. The van der Waals surface area contributed by atoms with Crippen LogP contribution in [0.5, 0.6) is 0 Å². The summed E-state index contributed by atoms with van der Waals surface area (Å²) in [5, 5.41) is 1.91. The molecule has 0 spiro atoms. The molecule has 0 unspecified atom stereocenters. The zero-order valence-corrected chi connectivity index (χ0v) is 12.6. The molecule has 1 rings (SSSR count). The van der Waals surface area contributed by atoms with Gasteiger partial charge < -0.3 is 10.1 Å². The van der Waals surface area contributed by atoms with Gasteiger partial charge in [0, 0.05) is 39.3 Å². The summed E-state index contributed by atoms with van der Waals surface area (Å²) in [5.74, 6) is -0.576. The molecule has 8 heteroatoms. The Hall–Kier alpha value is -0.860. The molecule has 21 heavy (non-hydrogen) atoms. The van der Waals surface area contributed by atoms with Crippen molar-refractivity contribution in [3.05, 3.63) is 0 Å². The van der Waals surface area contributed by atoms with Crippen LogP contribution >= 0.6 is 0 Å². The Morgan fingerprint density at radius 3 is 2.67 bits per heavy atom. The highest BCUT2D eigenvalue weighted by atomic mass is 19.4. The zero-order valence-electron chi connectivity index (χ0n) is 12.6. The van der Waals surface area contributed by atoms with Crippen LogP contribution in [0.3, 0.4) is 0 Å². The van der Waals surface area contributed by atoms with Crippen LogP contribution < -0.4 is 5.32 Å². The van der Waals surface area contributed by atoms with E-state index in [0.717, 1.165) is 19.5 Å². The van der Waals surface area contributed by atoms with Crippen LogP contribution in [0.4, 0.5) is 13.2 Å². The number of halogens is 3. The molecule has 0 bridgehead atoms. The van der Waals surface area contributed by atoms with Crippen LogP contribution in [-0.4, -0.2) is 80.9 Å². The third-order valence-corrected chi connectivity index (χ3v) is 3.60. The minimum Gasteiger partial charge on any atom is -0.383 e. The third-order valence-electron chi connectivity index (χ3n) is 3.60. The number of hydrogen-bond acceptors (Lipinski definition) is 4. The van der Waals surface area contributed by atoms with Gasteiger partial charge in [-0.3, -0.25) is 14.6 Å². The Morgan fingerprint density at radius 1 is 1.38 bits per heavy atom. The van der Waals surface area contributed by atoms with Crippen molar-refractivity contribution < 1.29 is 22.7 Å². The lowest BCUT2D eigenvalue weighted by Gasteiger charge is -2.40. The SMILES string of the molecule is CC[C@H]1CN(CC(=O)NCC(F)(F)F)CCN1CCOC. The number of alkyl halides is 3. The van der Waals surface area contributed by atoms with E-state index in [1.54, 1.807) is 7.11 Å². The van der Waals surface area contributed by atoms with Crippen LogP contribution in [0.15, 0.2) is 0 Å². The molecule has 1 atom stereocenters. The van der Waals surface area contributed by atoms with Crippen LogP contribution in [-0.2, 0) is 9.53 Å². The highest BCUT2D eigenvalue weighted by Gasteiger charge is 2.29. The average molecular weight is 311 g/mol. The maximum Gasteiger partial charge on any atom is 0.405 e. The van der Waals surface area contributed by atoms with E-state index in [0.29, 0.717) is 25.7 Å². The van der Waals surface area contributed by atoms with Gasteiger partial charge in [-0.05, 0) is 6.42 Å². The lowest BCUT2D eigenvalue weighted by molar-refractivity contribution is -0.139. The molecule has 1 amide bonds. The topological polar surface area (TPSA) is 44.8 Å². The van der Waals surface area contributed by atoms with Crippen LogP contribution in [0.2, 0.25) is 0 Å². The second-order valence-corrected chi connectivity index (χ2v) is 5.22. The number of ether oxygens (including phenoxy) is 1. The van der Waals surface area contributed by atoms with Crippen LogP contribution in [0.1, 0.15) is 13.3 Å². The molecule has 1 aliphatic rings. The standard InChI is InChI=1S/C13H24F3N3O2/c1-3-11-8-18(4-5-19(11)6-7-21-2)9-12(20)17-10-13(14,15)16/h11H,3-10H2,1-2H3,(H,17,20)/t11-/m0/s1. The van der Waals surface area contributed by atoms with E-state index in [1.165, 1.54) is 0 Å². The molecule has 0 aromatic heterocycles. The second kappa shape index (κ2) is 8.55. The summed E-state index contributed by atoms with van der Waals surface area (Å²) in [5.41, 5.74) is 0. The zero-order chi connectivity index (χ0) is 15.9. The molecule has 0 radical (unpaired) electrons. The fourth-order valence-corrected chi connectivity index (χ4v) is 2.45. The van der Waals surface area contributed by atoms with Gasteiger partial charge in [-0.1, -0.05) is 6.92 Å². The third kappa shape index (κ3) is 7.10. The first-order chi connectivity index (χ1) is 9.85. The van der Waals surface area contributed by atoms with Crippen molar-refractivity contribution in [2.45, 2.75) is 25.6 Å². The van der Waals surface area contributed by atoms with Crippen molar-refractivity contribution in [3.63, 3.8) is 0 Å². The first-order valence-corrected chi connectivity index (χ1v) is 7.14. The Kier molecular flexibility index (Phi) is 7.41. The van der Waals surface area contributed by atoms with Gasteiger partial charge in [0.2, 0.25) is 5.91 Å².